The van der Waals surface area contributed by atoms with Gasteiger partial charge in [0, 0.05) is 23.6 Å². The summed E-state index contributed by atoms with van der Waals surface area (Å²) in [5.74, 6) is 1.26. The van der Waals surface area contributed by atoms with Gasteiger partial charge >= 0.3 is 5.63 Å². The third-order valence-electron chi connectivity index (χ3n) is 5.18. The fraction of sp³-hybridized carbons (Fsp3) is 0.111. The first-order valence-corrected chi connectivity index (χ1v) is 10.9. The minimum absolute atomic E-state index is 0.0438. The molecule has 0 aliphatic heterocycles. The van der Waals surface area contributed by atoms with Crippen LogP contribution in [-0.4, -0.2) is 24.4 Å². The zero-order chi connectivity index (χ0) is 25.7. The molecule has 4 aromatic rings. The summed E-state index contributed by atoms with van der Waals surface area (Å²) in [7, 11) is 1.51. The monoisotopic (exact) mass is 487 g/mol. The van der Waals surface area contributed by atoms with Gasteiger partial charge in [-0.2, -0.15) is 0 Å². The molecule has 0 saturated carbocycles. The molecule has 0 aliphatic rings. The number of non-ortho nitro benzene ring substituents is 1. The van der Waals surface area contributed by atoms with Gasteiger partial charge < -0.3 is 18.6 Å². The summed E-state index contributed by atoms with van der Waals surface area (Å²) in [5, 5.41) is 11.4. The average Bonchev–Trinajstić information content (AvgIpc) is 2.88. The van der Waals surface area contributed by atoms with Crippen LogP contribution in [-0.2, 0) is 0 Å². The minimum Gasteiger partial charge on any atom is -0.497 e. The molecule has 1 heterocycles. The van der Waals surface area contributed by atoms with Crippen LogP contribution >= 0.6 is 0 Å². The Morgan fingerprint density at radius 3 is 2.44 bits per heavy atom. The van der Waals surface area contributed by atoms with Crippen molar-refractivity contribution in [3.8, 4) is 23.0 Å². The molecule has 0 bridgehead atoms. The summed E-state index contributed by atoms with van der Waals surface area (Å²) in [6.07, 6.45) is 2.84. The van der Waals surface area contributed by atoms with Crippen LogP contribution in [0, 0.1) is 10.1 Å². The molecule has 1 aromatic heterocycles. The van der Waals surface area contributed by atoms with Crippen molar-refractivity contribution in [3.05, 3.63) is 104 Å². The molecule has 0 atom stereocenters. The molecule has 0 unspecified atom stereocenters. The van der Waals surface area contributed by atoms with Crippen LogP contribution in [0.2, 0.25) is 0 Å². The van der Waals surface area contributed by atoms with Gasteiger partial charge in [0.25, 0.3) is 5.69 Å². The summed E-state index contributed by atoms with van der Waals surface area (Å²) in [6, 6.07) is 17.2. The number of ketones is 1. The molecule has 4 rings (SSSR count). The first kappa shape index (κ1) is 24.2. The van der Waals surface area contributed by atoms with Crippen molar-refractivity contribution in [3.63, 3.8) is 0 Å². The second-order valence-electron chi connectivity index (χ2n) is 7.54. The molecule has 0 saturated heterocycles. The number of benzene rings is 3. The molecule has 9 heteroatoms. The van der Waals surface area contributed by atoms with Gasteiger partial charge in [0.2, 0.25) is 0 Å². The molecule has 3 aromatic carbocycles. The Morgan fingerprint density at radius 1 is 1.00 bits per heavy atom. The van der Waals surface area contributed by atoms with Gasteiger partial charge in [-0.25, -0.2) is 4.79 Å². The topological polar surface area (TPSA) is 118 Å². The number of allylic oxidation sites excluding steroid dienone is 1. The van der Waals surface area contributed by atoms with Crippen LogP contribution in [0.4, 0.5) is 5.69 Å². The van der Waals surface area contributed by atoms with Crippen molar-refractivity contribution in [1.82, 2.24) is 0 Å². The predicted molar refractivity (Wildman–Crippen MR) is 133 cm³/mol. The van der Waals surface area contributed by atoms with Crippen molar-refractivity contribution in [1.29, 1.82) is 0 Å². The molecule has 36 heavy (non-hydrogen) atoms. The van der Waals surface area contributed by atoms with Crippen LogP contribution in [0.15, 0.2) is 82.0 Å². The Morgan fingerprint density at radius 2 is 1.75 bits per heavy atom. The van der Waals surface area contributed by atoms with E-state index in [2.05, 4.69) is 0 Å². The number of rotatable bonds is 9. The standard InChI is InChI=1S/C27H21NO8/c1-3-34-26-14-17(5-13-24(26)35-20-10-7-19(8-11-20)28(31)32)4-12-23(29)22-15-18-6-9-21(33-2)16-25(18)36-27(22)30/h4-16H,3H2,1-2H3/b12-4+. The van der Waals surface area contributed by atoms with Crippen molar-refractivity contribution < 1.29 is 28.3 Å². The third-order valence-corrected chi connectivity index (χ3v) is 5.18. The Balaban J connectivity index is 1.55. The summed E-state index contributed by atoms with van der Waals surface area (Å²) in [5.41, 5.74) is 0.0830. The van der Waals surface area contributed by atoms with E-state index in [1.165, 1.54) is 43.5 Å². The highest BCUT2D eigenvalue weighted by atomic mass is 16.6. The molecule has 0 fully saturated rings. The number of fused-ring (bicyclic) bond motifs is 1. The number of nitrogens with zero attached hydrogens (tertiary/aromatic N) is 1. The second kappa shape index (κ2) is 10.6. The number of hydrogen-bond donors (Lipinski definition) is 0. The first-order chi connectivity index (χ1) is 17.4. The van der Waals surface area contributed by atoms with Gasteiger partial charge in [0.1, 0.15) is 22.6 Å². The molecule has 0 spiro atoms. The normalized spacial score (nSPS) is 10.9. The van der Waals surface area contributed by atoms with Gasteiger partial charge in [-0.1, -0.05) is 12.1 Å². The van der Waals surface area contributed by atoms with Crippen LogP contribution in [0.25, 0.3) is 17.0 Å². The zero-order valence-electron chi connectivity index (χ0n) is 19.4. The van der Waals surface area contributed by atoms with E-state index in [0.29, 0.717) is 46.1 Å². The third kappa shape index (κ3) is 5.41. The van der Waals surface area contributed by atoms with Crippen LogP contribution in [0.1, 0.15) is 22.8 Å². The smallest absolute Gasteiger partial charge is 0.347 e. The number of nitro groups is 1. The largest absolute Gasteiger partial charge is 0.497 e. The Hall–Kier alpha value is -4.92. The highest BCUT2D eigenvalue weighted by Gasteiger charge is 2.13. The number of carbonyl (C=O) groups excluding carboxylic acids is 1. The van der Waals surface area contributed by atoms with Crippen molar-refractivity contribution in [2.45, 2.75) is 6.92 Å². The molecular formula is C27H21NO8. The Kier molecular flexibility index (Phi) is 7.10. The average molecular weight is 487 g/mol. The van der Waals surface area contributed by atoms with Crippen LogP contribution < -0.4 is 19.8 Å². The number of carbonyl (C=O) groups is 1. The fourth-order valence-electron chi connectivity index (χ4n) is 3.40. The second-order valence-corrected chi connectivity index (χ2v) is 7.54. The van der Waals surface area contributed by atoms with Crippen molar-refractivity contribution in [2.24, 2.45) is 0 Å². The van der Waals surface area contributed by atoms with E-state index >= 15 is 0 Å². The van der Waals surface area contributed by atoms with Gasteiger partial charge in [-0.15, -0.1) is 0 Å². The van der Waals surface area contributed by atoms with Crippen LogP contribution in [0.5, 0.6) is 23.0 Å². The number of ether oxygens (including phenoxy) is 3. The SMILES string of the molecule is CCOc1cc(/C=C/C(=O)c2cc3ccc(OC)cc3oc2=O)ccc1Oc1ccc([N+](=O)[O-])cc1. The fourth-order valence-corrected chi connectivity index (χ4v) is 3.40. The highest BCUT2D eigenvalue weighted by molar-refractivity contribution is 6.07. The van der Waals surface area contributed by atoms with E-state index in [0.717, 1.165) is 0 Å². The summed E-state index contributed by atoms with van der Waals surface area (Å²) < 4.78 is 21.9. The molecular weight excluding hydrogens is 466 g/mol. The molecule has 0 amide bonds. The maximum atomic E-state index is 12.7. The number of hydrogen-bond acceptors (Lipinski definition) is 8. The van der Waals surface area contributed by atoms with Gasteiger partial charge in [-0.3, -0.25) is 14.9 Å². The molecule has 0 radical (unpaired) electrons. The predicted octanol–water partition coefficient (Wildman–Crippen LogP) is 5.80. The summed E-state index contributed by atoms with van der Waals surface area (Å²) in [4.78, 5) is 35.4. The van der Waals surface area contributed by atoms with E-state index in [-0.39, 0.29) is 11.3 Å². The van der Waals surface area contributed by atoms with E-state index in [4.69, 9.17) is 18.6 Å². The lowest BCUT2D eigenvalue weighted by atomic mass is 10.1. The number of nitro benzene ring substituents is 1. The highest BCUT2D eigenvalue weighted by Crippen LogP contribution is 2.33. The summed E-state index contributed by atoms with van der Waals surface area (Å²) >= 11 is 0. The van der Waals surface area contributed by atoms with E-state index < -0.39 is 16.3 Å². The van der Waals surface area contributed by atoms with E-state index in [9.17, 15) is 19.7 Å². The lowest BCUT2D eigenvalue weighted by Gasteiger charge is -2.12. The minimum atomic E-state index is -0.743. The van der Waals surface area contributed by atoms with Gasteiger partial charge in [0.05, 0.1) is 18.6 Å². The Labute approximate surface area is 205 Å². The molecule has 0 N–H and O–H groups in total. The maximum absolute atomic E-state index is 12.7. The van der Waals surface area contributed by atoms with Gasteiger partial charge in [-0.05, 0) is 61.0 Å². The van der Waals surface area contributed by atoms with Crippen molar-refractivity contribution in [2.75, 3.05) is 13.7 Å². The maximum Gasteiger partial charge on any atom is 0.347 e. The first-order valence-electron chi connectivity index (χ1n) is 10.9. The van der Waals surface area contributed by atoms with Gasteiger partial charge in [0.15, 0.2) is 17.3 Å². The van der Waals surface area contributed by atoms with Crippen LogP contribution in [0.3, 0.4) is 0 Å². The summed E-state index contributed by atoms with van der Waals surface area (Å²) in [6.45, 7) is 2.18. The lowest BCUT2D eigenvalue weighted by molar-refractivity contribution is -0.384. The quantitative estimate of drug-likeness (QED) is 0.0956. The number of methoxy groups -OCH3 is 1. The lowest BCUT2D eigenvalue weighted by Crippen LogP contribution is -2.11. The zero-order valence-corrected chi connectivity index (χ0v) is 19.4. The molecule has 182 valence electrons. The van der Waals surface area contributed by atoms with E-state index in [1.54, 1.807) is 42.5 Å². The molecule has 0 aliphatic carbocycles. The van der Waals surface area contributed by atoms with E-state index in [1.807, 2.05) is 6.92 Å². The van der Waals surface area contributed by atoms with Crippen molar-refractivity contribution >= 4 is 28.5 Å². The Bertz CT molecular complexity index is 1520. The molecule has 9 nitrogen and oxygen atoms in total.